The van der Waals surface area contributed by atoms with Crippen LogP contribution in [0, 0.1) is 5.92 Å². The van der Waals surface area contributed by atoms with E-state index in [0.29, 0.717) is 4.88 Å². The van der Waals surface area contributed by atoms with E-state index in [9.17, 15) is 4.79 Å². The highest BCUT2D eigenvalue weighted by molar-refractivity contribution is 7.20. The molecule has 0 bridgehead atoms. The Labute approximate surface area is 110 Å². The smallest absolute Gasteiger partial charge is 0.261 e. The molecular formula is C14H17NO2S. The van der Waals surface area contributed by atoms with Gasteiger partial charge in [-0.15, -0.1) is 11.3 Å². The van der Waals surface area contributed by atoms with Crippen molar-refractivity contribution in [1.29, 1.82) is 0 Å². The Balaban J connectivity index is 2.13. The molecule has 1 aromatic heterocycles. The molecular weight excluding hydrogens is 246 g/mol. The quantitative estimate of drug-likeness (QED) is 0.891. The van der Waals surface area contributed by atoms with Crippen LogP contribution in [-0.4, -0.2) is 23.7 Å². The highest BCUT2D eigenvalue weighted by Crippen LogP contribution is 2.25. The first-order chi connectivity index (χ1) is 8.61. The number of aliphatic hydroxyl groups excluding tert-OH is 1. The van der Waals surface area contributed by atoms with Gasteiger partial charge < -0.3 is 10.4 Å². The molecule has 96 valence electrons. The van der Waals surface area contributed by atoms with Gasteiger partial charge in [0.1, 0.15) is 0 Å². The van der Waals surface area contributed by atoms with Crippen LogP contribution in [0.15, 0.2) is 30.3 Å². The molecule has 2 unspecified atom stereocenters. The Morgan fingerprint density at radius 3 is 2.78 bits per heavy atom. The number of carbonyl (C=O) groups is 1. The molecule has 0 fully saturated rings. The Morgan fingerprint density at radius 2 is 2.11 bits per heavy atom. The van der Waals surface area contributed by atoms with E-state index < -0.39 is 0 Å². The molecule has 2 rings (SSSR count). The molecule has 0 aliphatic heterocycles. The number of nitrogens with one attached hydrogen (secondary N) is 1. The molecule has 0 aliphatic carbocycles. The van der Waals surface area contributed by atoms with E-state index in [1.54, 1.807) is 0 Å². The van der Waals surface area contributed by atoms with E-state index in [-0.39, 0.29) is 24.5 Å². The van der Waals surface area contributed by atoms with E-state index in [4.69, 9.17) is 5.11 Å². The summed E-state index contributed by atoms with van der Waals surface area (Å²) in [5.74, 6) is -0.00710. The molecule has 2 aromatic rings. The molecule has 2 atom stereocenters. The van der Waals surface area contributed by atoms with Crippen molar-refractivity contribution in [3.05, 3.63) is 35.2 Å². The first-order valence-corrected chi connectivity index (χ1v) is 6.83. The summed E-state index contributed by atoms with van der Waals surface area (Å²) in [5.41, 5.74) is 0. The molecule has 18 heavy (non-hydrogen) atoms. The molecule has 0 aliphatic rings. The van der Waals surface area contributed by atoms with E-state index in [2.05, 4.69) is 5.32 Å². The average Bonchev–Trinajstić information content (AvgIpc) is 2.81. The third kappa shape index (κ3) is 2.71. The van der Waals surface area contributed by atoms with Crippen LogP contribution < -0.4 is 5.32 Å². The lowest BCUT2D eigenvalue weighted by atomic mass is 10.1. The fourth-order valence-electron chi connectivity index (χ4n) is 1.67. The molecule has 1 heterocycles. The van der Waals surface area contributed by atoms with Crippen LogP contribution >= 0.6 is 11.3 Å². The van der Waals surface area contributed by atoms with Gasteiger partial charge in [-0.05, 0) is 30.4 Å². The minimum atomic E-state index is -0.0657. The summed E-state index contributed by atoms with van der Waals surface area (Å²) >= 11 is 1.49. The molecule has 0 saturated carbocycles. The minimum Gasteiger partial charge on any atom is -0.396 e. The van der Waals surface area contributed by atoms with Gasteiger partial charge in [0, 0.05) is 17.3 Å². The predicted molar refractivity (Wildman–Crippen MR) is 75.0 cm³/mol. The summed E-state index contributed by atoms with van der Waals surface area (Å²) in [7, 11) is 0. The lowest BCUT2D eigenvalue weighted by Crippen LogP contribution is -2.37. The summed E-state index contributed by atoms with van der Waals surface area (Å²) in [6, 6.07) is 9.82. The van der Waals surface area contributed by atoms with Crippen molar-refractivity contribution in [1.82, 2.24) is 5.32 Å². The number of fused-ring (bicyclic) bond motifs is 1. The SMILES string of the molecule is CC(CO)C(C)NC(=O)c1cc2ccccc2s1. The normalized spacial score (nSPS) is 14.4. The molecule has 4 heteroatoms. The van der Waals surface area contributed by atoms with Crippen LogP contribution in [0.5, 0.6) is 0 Å². The van der Waals surface area contributed by atoms with Crippen molar-refractivity contribution < 1.29 is 9.90 Å². The van der Waals surface area contributed by atoms with Gasteiger partial charge in [0.05, 0.1) is 4.88 Å². The van der Waals surface area contributed by atoms with Crippen molar-refractivity contribution in [3.8, 4) is 0 Å². The van der Waals surface area contributed by atoms with Gasteiger partial charge in [0.25, 0.3) is 5.91 Å². The van der Waals surface area contributed by atoms with Crippen molar-refractivity contribution >= 4 is 27.3 Å². The second kappa shape index (κ2) is 5.50. The zero-order valence-corrected chi connectivity index (χ0v) is 11.3. The predicted octanol–water partition coefficient (Wildman–Crippen LogP) is 2.65. The maximum absolute atomic E-state index is 12.1. The zero-order chi connectivity index (χ0) is 13.1. The fourth-order valence-corrected chi connectivity index (χ4v) is 2.64. The number of thiophene rings is 1. The fraction of sp³-hybridized carbons (Fsp3) is 0.357. The van der Waals surface area contributed by atoms with Gasteiger partial charge in [-0.2, -0.15) is 0 Å². The first kappa shape index (κ1) is 13.1. The van der Waals surface area contributed by atoms with Gasteiger partial charge >= 0.3 is 0 Å². The first-order valence-electron chi connectivity index (χ1n) is 6.02. The van der Waals surface area contributed by atoms with Crippen LogP contribution in [0.4, 0.5) is 0 Å². The maximum atomic E-state index is 12.1. The van der Waals surface area contributed by atoms with Crippen molar-refractivity contribution in [2.24, 2.45) is 5.92 Å². The number of benzene rings is 1. The van der Waals surface area contributed by atoms with Crippen molar-refractivity contribution in [2.75, 3.05) is 6.61 Å². The molecule has 1 aromatic carbocycles. The van der Waals surface area contributed by atoms with E-state index in [0.717, 1.165) is 10.1 Å². The molecule has 1 amide bonds. The van der Waals surface area contributed by atoms with Crippen molar-refractivity contribution in [2.45, 2.75) is 19.9 Å². The molecule has 2 N–H and O–H groups in total. The molecule has 0 spiro atoms. The molecule has 3 nitrogen and oxygen atoms in total. The number of aliphatic hydroxyl groups is 1. The minimum absolute atomic E-state index is 0.0345. The summed E-state index contributed by atoms with van der Waals surface area (Å²) in [5, 5.41) is 13.1. The van der Waals surface area contributed by atoms with Gasteiger partial charge in [0.2, 0.25) is 0 Å². The number of amides is 1. The largest absolute Gasteiger partial charge is 0.396 e. The second-order valence-corrected chi connectivity index (χ2v) is 5.65. The third-order valence-electron chi connectivity index (χ3n) is 3.15. The molecule has 0 radical (unpaired) electrons. The molecule has 0 saturated heterocycles. The average molecular weight is 263 g/mol. The Morgan fingerprint density at radius 1 is 1.39 bits per heavy atom. The topological polar surface area (TPSA) is 49.3 Å². The summed E-state index contributed by atoms with van der Waals surface area (Å²) in [4.78, 5) is 12.8. The maximum Gasteiger partial charge on any atom is 0.261 e. The van der Waals surface area contributed by atoms with Gasteiger partial charge in [-0.25, -0.2) is 0 Å². The van der Waals surface area contributed by atoms with Crippen LogP contribution in [0.25, 0.3) is 10.1 Å². The standard InChI is InChI=1S/C14H17NO2S/c1-9(8-16)10(2)15-14(17)13-7-11-5-3-4-6-12(11)18-13/h3-7,9-10,16H,8H2,1-2H3,(H,15,17). The van der Waals surface area contributed by atoms with Gasteiger partial charge in [0.15, 0.2) is 0 Å². The highest BCUT2D eigenvalue weighted by Gasteiger charge is 2.16. The monoisotopic (exact) mass is 263 g/mol. The Bertz CT molecular complexity index is 516. The van der Waals surface area contributed by atoms with Gasteiger partial charge in [-0.3, -0.25) is 4.79 Å². The lowest BCUT2D eigenvalue weighted by molar-refractivity contribution is 0.0920. The second-order valence-electron chi connectivity index (χ2n) is 4.57. The highest BCUT2D eigenvalue weighted by atomic mass is 32.1. The number of carbonyl (C=O) groups excluding carboxylic acids is 1. The van der Waals surface area contributed by atoms with Crippen LogP contribution in [0.2, 0.25) is 0 Å². The number of rotatable bonds is 4. The number of hydrogen-bond acceptors (Lipinski definition) is 3. The van der Waals surface area contributed by atoms with Gasteiger partial charge in [-0.1, -0.05) is 25.1 Å². The summed E-state index contributed by atoms with van der Waals surface area (Å²) in [6.45, 7) is 3.90. The third-order valence-corrected chi connectivity index (χ3v) is 4.26. The Hall–Kier alpha value is -1.39. The number of hydrogen-bond donors (Lipinski definition) is 2. The van der Waals surface area contributed by atoms with E-state index in [1.165, 1.54) is 11.3 Å². The van der Waals surface area contributed by atoms with Crippen LogP contribution in [0.3, 0.4) is 0 Å². The summed E-state index contributed by atoms with van der Waals surface area (Å²) in [6.07, 6.45) is 0. The van der Waals surface area contributed by atoms with E-state index >= 15 is 0 Å². The Kier molecular flexibility index (Phi) is 3.99. The van der Waals surface area contributed by atoms with Crippen molar-refractivity contribution in [3.63, 3.8) is 0 Å². The zero-order valence-electron chi connectivity index (χ0n) is 10.5. The van der Waals surface area contributed by atoms with Crippen LogP contribution in [-0.2, 0) is 0 Å². The lowest BCUT2D eigenvalue weighted by Gasteiger charge is -2.18. The van der Waals surface area contributed by atoms with Crippen LogP contribution in [0.1, 0.15) is 23.5 Å². The summed E-state index contributed by atoms with van der Waals surface area (Å²) < 4.78 is 1.12. The van der Waals surface area contributed by atoms with E-state index in [1.807, 2.05) is 44.2 Å².